The van der Waals surface area contributed by atoms with Crippen LogP contribution in [0.1, 0.15) is 16.2 Å². The lowest BCUT2D eigenvalue weighted by Crippen LogP contribution is -2.13. The van der Waals surface area contributed by atoms with Gasteiger partial charge in [-0.25, -0.2) is 9.78 Å². The van der Waals surface area contributed by atoms with Gasteiger partial charge in [0.15, 0.2) is 5.69 Å². The molecule has 0 spiro atoms. The van der Waals surface area contributed by atoms with E-state index < -0.39 is 5.97 Å². The summed E-state index contributed by atoms with van der Waals surface area (Å²) >= 11 is 0. The summed E-state index contributed by atoms with van der Waals surface area (Å²) in [4.78, 5) is 19.1. The van der Waals surface area contributed by atoms with E-state index in [2.05, 4.69) is 14.7 Å². The Morgan fingerprint density at radius 1 is 1.38 bits per heavy atom. The predicted octanol–water partition coefficient (Wildman–Crippen LogP) is 0.650. The summed E-state index contributed by atoms with van der Waals surface area (Å²) in [6, 6.07) is 0. The van der Waals surface area contributed by atoms with Crippen LogP contribution in [-0.2, 0) is 20.6 Å². The number of esters is 1. The molecular formula is C10H10N2O4. The number of nitrogens with zero attached hydrogens (tertiary/aromatic N) is 2. The zero-order valence-electron chi connectivity index (χ0n) is 8.62. The van der Waals surface area contributed by atoms with Crippen LogP contribution in [0.2, 0.25) is 0 Å². The van der Waals surface area contributed by atoms with E-state index in [0.717, 1.165) is 0 Å². The fourth-order valence-corrected chi connectivity index (χ4v) is 1.21. The molecule has 0 amide bonds. The molecule has 1 aromatic heterocycles. The fraction of sp³-hybridized carbons (Fsp3) is 0.300. The zero-order valence-corrected chi connectivity index (χ0v) is 8.62. The van der Waals surface area contributed by atoms with Gasteiger partial charge in [-0.1, -0.05) is 0 Å². The highest BCUT2D eigenvalue weighted by Gasteiger charge is 2.15. The molecule has 0 aliphatic carbocycles. The zero-order chi connectivity index (χ0) is 11.4. The summed E-state index contributed by atoms with van der Waals surface area (Å²) in [5, 5.41) is 0. The van der Waals surface area contributed by atoms with Crippen LogP contribution < -0.4 is 0 Å². The van der Waals surface area contributed by atoms with Gasteiger partial charge in [-0.3, -0.25) is 4.98 Å². The number of aromatic nitrogens is 2. The molecule has 1 aromatic rings. The van der Waals surface area contributed by atoms with E-state index in [-0.39, 0.29) is 12.0 Å². The molecule has 0 fully saturated rings. The fourth-order valence-electron chi connectivity index (χ4n) is 1.21. The van der Waals surface area contributed by atoms with Crippen LogP contribution in [0.15, 0.2) is 24.9 Å². The van der Waals surface area contributed by atoms with E-state index in [0.29, 0.717) is 12.1 Å². The van der Waals surface area contributed by atoms with Gasteiger partial charge in [0, 0.05) is 6.20 Å². The molecule has 0 saturated carbocycles. The molecule has 0 bridgehead atoms. The second kappa shape index (κ2) is 4.61. The molecule has 6 heteroatoms. The molecular weight excluding hydrogens is 212 g/mol. The normalized spacial score (nSPS) is 14.3. The molecule has 0 aromatic carbocycles. The Hall–Kier alpha value is -2.11. The first-order valence-electron chi connectivity index (χ1n) is 4.65. The van der Waals surface area contributed by atoms with Crippen LogP contribution in [-0.4, -0.2) is 29.3 Å². The van der Waals surface area contributed by atoms with Crippen molar-refractivity contribution >= 4 is 5.97 Å². The summed E-state index contributed by atoms with van der Waals surface area (Å²) in [5.41, 5.74) is 0.860. The van der Waals surface area contributed by atoms with Crippen LogP contribution >= 0.6 is 0 Å². The molecule has 0 radical (unpaired) electrons. The van der Waals surface area contributed by atoms with Crippen molar-refractivity contribution in [3.8, 4) is 0 Å². The van der Waals surface area contributed by atoms with Crippen molar-refractivity contribution in [3.05, 3.63) is 36.3 Å². The second-order valence-electron chi connectivity index (χ2n) is 3.06. The first kappa shape index (κ1) is 10.4. The molecule has 6 nitrogen and oxygen atoms in total. The van der Waals surface area contributed by atoms with Crippen LogP contribution in [0.25, 0.3) is 0 Å². The average Bonchev–Trinajstić information content (AvgIpc) is 2.82. The first-order chi connectivity index (χ1) is 7.79. The van der Waals surface area contributed by atoms with E-state index in [9.17, 15) is 4.79 Å². The molecule has 16 heavy (non-hydrogen) atoms. The maximum Gasteiger partial charge on any atom is 0.358 e. The summed E-state index contributed by atoms with van der Waals surface area (Å²) in [6.07, 6.45) is 5.92. The average molecular weight is 222 g/mol. The third kappa shape index (κ3) is 2.28. The van der Waals surface area contributed by atoms with Crippen LogP contribution in [0, 0.1) is 0 Å². The van der Waals surface area contributed by atoms with Crippen molar-refractivity contribution in [2.45, 2.75) is 12.7 Å². The van der Waals surface area contributed by atoms with Crippen molar-refractivity contribution in [1.82, 2.24) is 9.97 Å². The number of hydrogen-bond acceptors (Lipinski definition) is 6. The molecule has 0 saturated heterocycles. The Kier molecular flexibility index (Phi) is 3.00. The maximum absolute atomic E-state index is 11.1. The van der Waals surface area contributed by atoms with Crippen LogP contribution in [0.5, 0.6) is 0 Å². The maximum atomic E-state index is 11.1. The number of ether oxygens (including phenoxy) is 3. The van der Waals surface area contributed by atoms with Gasteiger partial charge in [-0.2, -0.15) is 0 Å². The largest absolute Gasteiger partial charge is 0.464 e. The molecule has 84 valence electrons. The van der Waals surface area contributed by atoms with Crippen LogP contribution in [0.3, 0.4) is 0 Å². The number of carbonyl (C=O) groups is 1. The highest BCUT2D eigenvalue weighted by atomic mass is 16.7. The lowest BCUT2D eigenvalue weighted by molar-refractivity contribution is -0.0216. The third-order valence-corrected chi connectivity index (χ3v) is 1.99. The number of rotatable bonds is 3. The molecule has 0 atom stereocenters. The topological polar surface area (TPSA) is 70.5 Å². The Morgan fingerprint density at radius 2 is 2.12 bits per heavy atom. The Bertz CT molecular complexity index is 394. The minimum Gasteiger partial charge on any atom is -0.464 e. The van der Waals surface area contributed by atoms with Crippen molar-refractivity contribution in [2.75, 3.05) is 7.11 Å². The van der Waals surface area contributed by atoms with Gasteiger partial charge in [-0.15, -0.1) is 0 Å². The van der Waals surface area contributed by atoms with Crippen molar-refractivity contribution < 1.29 is 19.0 Å². The molecule has 1 aliphatic heterocycles. The quantitative estimate of drug-likeness (QED) is 0.699. The molecule has 0 unspecified atom stereocenters. The monoisotopic (exact) mass is 222 g/mol. The standard InChI is InChI=1S/C10H10N2O4/c1-14-10(13)8-6-11-7(5-12-8)4-9-15-2-3-16-9/h2-3,5-6,9H,4H2,1H3. The van der Waals surface area contributed by atoms with E-state index in [1.807, 2.05) is 0 Å². The Labute approximate surface area is 91.9 Å². The van der Waals surface area contributed by atoms with E-state index in [1.165, 1.54) is 32.0 Å². The molecule has 2 rings (SSSR count). The van der Waals surface area contributed by atoms with Gasteiger partial charge in [-0.05, 0) is 0 Å². The van der Waals surface area contributed by atoms with Gasteiger partial charge in [0.2, 0.25) is 6.29 Å². The summed E-state index contributed by atoms with van der Waals surface area (Å²) < 4.78 is 14.7. The highest BCUT2D eigenvalue weighted by molar-refractivity contribution is 5.86. The Morgan fingerprint density at radius 3 is 2.69 bits per heavy atom. The van der Waals surface area contributed by atoms with E-state index in [4.69, 9.17) is 9.47 Å². The van der Waals surface area contributed by atoms with Gasteiger partial charge in [0.1, 0.15) is 12.5 Å². The van der Waals surface area contributed by atoms with Gasteiger partial charge < -0.3 is 14.2 Å². The lowest BCUT2D eigenvalue weighted by atomic mass is 10.3. The molecule has 2 heterocycles. The van der Waals surface area contributed by atoms with E-state index >= 15 is 0 Å². The summed E-state index contributed by atoms with van der Waals surface area (Å²) in [7, 11) is 1.30. The Balaban J connectivity index is 1.99. The second-order valence-corrected chi connectivity index (χ2v) is 3.06. The highest BCUT2D eigenvalue weighted by Crippen LogP contribution is 2.10. The minimum absolute atomic E-state index is 0.178. The van der Waals surface area contributed by atoms with Crippen molar-refractivity contribution in [1.29, 1.82) is 0 Å². The smallest absolute Gasteiger partial charge is 0.358 e. The van der Waals surface area contributed by atoms with Gasteiger partial charge in [0.05, 0.1) is 25.4 Å². The summed E-state index contributed by atoms with van der Waals surface area (Å²) in [6.45, 7) is 0. The van der Waals surface area contributed by atoms with E-state index in [1.54, 1.807) is 0 Å². The number of carbonyl (C=O) groups excluding carboxylic acids is 1. The number of hydrogen-bond donors (Lipinski definition) is 0. The van der Waals surface area contributed by atoms with Crippen LogP contribution in [0.4, 0.5) is 0 Å². The first-order valence-corrected chi connectivity index (χ1v) is 4.65. The lowest BCUT2D eigenvalue weighted by Gasteiger charge is -2.08. The third-order valence-electron chi connectivity index (χ3n) is 1.99. The predicted molar refractivity (Wildman–Crippen MR) is 52.2 cm³/mol. The molecule has 1 aliphatic rings. The SMILES string of the molecule is COC(=O)c1cnc(CC2OC=CO2)cn1. The van der Waals surface area contributed by atoms with Crippen molar-refractivity contribution in [3.63, 3.8) is 0 Å². The van der Waals surface area contributed by atoms with Crippen molar-refractivity contribution in [2.24, 2.45) is 0 Å². The van der Waals surface area contributed by atoms with Gasteiger partial charge in [0.25, 0.3) is 0 Å². The molecule has 0 N–H and O–H groups in total. The number of methoxy groups -OCH3 is 1. The minimum atomic E-state index is -0.505. The van der Waals surface area contributed by atoms with Gasteiger partial charge >= 0.3 is 5.97 Å². The summed E-state index contributed by atoms with van der Waals surface area (Å²) in [5.74, 6) is -0.505.